The summed E-state index contributed by atoms with van der Waals surface area (Å²) in [5.41, 5.74) is 1.50. The Morgan fingerprint density at radius 3 is 2.51 bits per heavy atom. The van der Waals surface area contributed by atoms with Crippen LogP contribution in [0.2, 0.25) is 0 Å². The molecule has 1 aromatic carbocycles. The number of aliphatic hydroxyl groups is 1. The van der Waals surface area contributed by atoms with Gasteiger partial charge in [0.1, 0.15) is 5.75 Å². The van der Waals surface area contributed by atoms with E-state index in [9.17, 15) is 9.90 Å². The van der Waals surface area contributed by atoms with E-state index in [-0.39, 0.29) is 36.7 Å². The van der Waals surface area contributed by atoms with E-state index < -0.39 is 0 Å². The van der Waals surface area contributed by atoms with E-state index >= 15 is 0 Å². The SMILES string of the molecule is C[C@@H]1CCCCO[C@H](CN(C)CC2CC2)[C@H](C)CN([C@H](C)CO)C(=O)c2cc(N(C)C)ccc2O1. The van der Waals surface area contributed by atoms with Crippen LogP contribution in [0.1, 0.15) is 63.2 Å². The maximum atomic E-state index is 14.0. The van der Waals surface area contributed by atoms with Crippen molar-refractivity contribution in [1.29, 1.82) is 0 Å². The van der Waals surface area contributed by atoms with Crippen LogP contribution in [0.15, 0.2) is 18.2 Å². The monoisotopic (exact) mass is 489 g/mol. The summed E-state index contributed by atoms with van der Waals surface area (Å²) in [7, 11) is 6.11. The molecule has 1 aromatic rings. The van der Waals surface area contributed by atoms with Gasteiger partial charge in [-0.25, -0.2) is 0 Å². The summed E-state index contributed by atoms with van der Waals surface area (Å²) in [5, 5.41) is 10.0. The lowest BCUT2D eigenvalue weighted by Crippen LogP contribution is -2.47. The Bertz CT molecular complexity index is 813. The molecule has 1 aliphatic carbocycles. The normalized spacial score (nSPS) is 25.5. The lowest BCUT2D eigenvalue weighted by Gasteiger charge is -2.36. The minimum absolute atomic E-state index is 0.00203. The number of carbonyl (C=O) groups is 1. The van der Waals surface area contributed by atoms with Crippen LogP contribution < -0.4 is 9.64 Å². The smallest absolute Gasteiger partial charge is 0.258 e. The molecule has 0 aromatic heterocycles. The molecule has 0 saturated heterocycles. The predicted octanol–water partition coefficient (Wildman–Crippen LogP) is 3.89. The third-order valence-electron chi connectivity index (χ3n) is 7.31. The summed E-state index contributed by atoms with van der Waals surface area (Å²) in [6.07, 6.45) is 5.61. The van der Waals surface area contributed by atoms with Crippen LogP contribution in [0.25, 0.3) is 0 Å². The summed E-state index contributed by atoms with van der Waals surface area (Å²) in [4.78, 5) is 20.2. The second kappa shape index (κ2) is 12.9. The van der Waals surface area contributed by atoms with Crippen LogP contribution in [0.5, 0.6) is 5.75 Å². The minimum Gasteiger partial charge on any atom is -0.490 e. The maximum absolute atomic E-state index is 14.0. The molecule has 198 valence electrons. The molecule has 1 saturated carbocycles. The number of rotatable bonds is 7. The van der Waals surface area contributed by atoms with Gasteiger partial charge < -0.3 is 29.3 Å². The van der Waals surface area contributed by atoms with Gasteiger partial charge in [-0.15, -0.1) is 0 Å². The van der Waals surface area contributed by atoms with Gasteiger partial charge in [-0.05, 0) is 77.1 Å². The molecular formula is C28H47N3O4. The van der Waals surface area contributed by atoms with Crippen LogP contribution in [0.4, 0.5) is 5.69 Å². The number of benzene rings is 1. The molecule has 0 spiro atoms. The average Bonchev–Trinajstić information content (AvgIpc) is 3.63. The van der Waals surface area contributed by atoms with Crippen LogP contribution in [-0.2, 0) is 4.74 Å². The van der Waals surface area contributed by atoms with Crippen molar-refractivity contribution in [3.63, 3.8) is 0 Å². The largest absolute Gasteiger partial charge is 0.490 e. The topological polar surface area (TPSA) is 65.5 Å². The van der Waals surface area contributed by atoms with Crippen LogP contribution >= 0.6 is 0 Å². The molecule has 0 radical (unpaired) electrons. The number of carbonyl (C=O) groups excluding carboxylic acids is 1. The van der Waals surface area contributed by atoms with Crippen molar-refractivity contribution in [3.05, 3.63) is 23.8 Å². The molecule has 0 unspecified atom stereocenters. The molecule has 0 bridgehead atoms. The highest BCUT2D eigenvalue weighted by molar-refractivity contribution is 5.98. The number of hydrogen-bond acceptors (Lipinski definition) is 6. The average molecular weight is 490 g/mol. The molecule has 4 atom stereocenters. The Balaban J connectivity index is 1.91. The third-order valence-corrected chi connectivity index (χ3v) is 7.31. The number of fused-ring (bicyclic) bond motifs is 1. The van der Waals surface area contributed by atoms with E-state index in [0.29, 0.717) is 24.5 Å². The van der Waals surface area contributed by atoms with Gasteiger partial charge in [0.05, 0.1) is 30.4 Å². The Morgan fingerprint density at radius 1 is 1.11 bits per heavy atom. The van der Waals surface area contributed by atoms with E-state index in [1.54, 1.807) is 4.90 Å². The second-order valence-corrected chi connectivity index (χ2v) is 11.0. The van der Waals surface area contributed by atoms with Gasteiger partial charge in [0, 0.05) is 51.9 Å². The van der Waals surface area contributed by atoms with E-state index in [4.69, 9.17) is 9.47 Å². The molecule has 1 aliphatic heterocycles. The molecular weight excluding hydrogens is 442 g/mol. The predicted molar refractivity (Wildman–Crippen MR) is 141 cm³/mol. The van der Waals surface area contributed by atoms with Gasteiger partial charge in [0.25, 0.3) is 5.91 Å². The van der Waals surface area contributed by atoms with Gasteiger partial charge in [-0.2, -0.15) is 0 Å². The molecule has 7 nitrogen and oxygen atoms in total. The van der Waals surface area contributed by atoms with Gasteiger partial charge >= 0.3 is 0 Å². The Labute approximate surface area is 212 Å². The first-order valence-electron chi connectivity index (χ1n) is 13.4. The van der Waals surface area contributed by atoms with Crippen molar-refractivity contribution < 1.29 is 19.4 Å². The fraction of sp³-hybridized carbons (Fsp3) is 0.750. The van der Waals surface area contributed by atoms with E-state index in [1.165, 1.54) is 12.8 Å². The Hall–Kier alpha value is -1.83. The summed E-state index contributed by atoms with van der Waals surface area (Å²) >= 11 is 0. The fourth-order valence-electron chi connectivity index (χ4n) is 4.77. The molecule has 2 aliphatic rings. The van der Waals surface area contributed by atoms with Crippen LogP contribution in [0, 0.1) is 11.8 Å². The highest BCUT2D eigenvalue weighted by Crippen LogP contribution is 2.31. The van der Waals surface area contributed by atoms with Crippen molar-refractivity contribution >= 4 is 11.6 Å². The van der Waals surface area contributed by atoms with Crippen LogP contribution in [0.3, 0.4) is 0 Å². The van der Waals surface area contributed by atoms with E-state index in [2.05, 4.69) is 25.8 Å². The summed E-state index contributed by atoms with van der Waals surface area (Å²) in [5.74, 6) is 1.46. The number of hydrogen-bond donors (Lipinski definition) is 1. The van der Waals surface area contributed by atoms with Crippen molar-refractivity contribution in [2.24, 2.45) is 11.8 Å². The zero-order chi connectivity index (χ0) is 25.5. The van der Waals surface area contributed by atoms with E-state index in [1.807, 2.05) is 44.1 Å². The quantitative estimate of drug-likeness (QED) is 0.627. The van der Waals surface area contributed by atoms with Crippen LogP contribution in [-0.4, -0.2) is 93.1 Å². The summed E-state index contributed by atoms with van der Waals surface area (Å²) < 4.78 is 12.7. The number of aliphatic hydroxyl groups excluding tert-OH is 1. The first-order valence-corrected chi connectivity index (χ1v) is 13.4. The van der Waals surface area contributed by atoms with Crippen molar-refractivity contribution in [2.45, 2.75) is 71.1 Å². The molecule has 1 fully saturated rings. The Kier molecular flexibility index (Phi) is 10.3. The highest BCUT2D eigenvalue weighted by Gasteiger charge is 2.31. The lowest BCUT2D eigenvalue weighted by atomic mass is 10.0. The maximum Gasteiger partial charge on any atom is 0.258 e. The fourth-order valence-corrected chi connectivity index (χ4v) is 4.77. The number of nitrogens with zero attached hydrogens (tertiary/aromatic N) is 3. The van der Waals surface area contributed by atoms with Gasteiger partial charge in [0.2, 0.25) is 0 Å². The number of amides is 1. The molecule has 1 amide bonds. The molecule has 1 heterocycles. The number of likely N-dealkylation sites (N-methyl/N-ethyl adjacent to an activating group) is 1. The zero-order valence-electron chi connectivity index (χ0n) is 22.7. The van der Waals surface area contributed by atoms with Crippen molar-refractivity contribution in [3.8, 4) is 5.75 Å². The third kappa shape index (κ3) is 8.09. The van der Waals surface area contributed by atoms with Gasteiger partial charge in [-0.3, -0.25) is 4.79 Å². The van der Waals surface area contributed by atoms with Gasteiger partial charge in [0.15, 0.2) is 0 Å². The molecule has 35 heavy (non-hydrogen) atoms. The molecule has 1 N–H and O–H groups in total. The molecule has 3 rings (SSSR count). The molecule has 7 heteroatoms. The lowest BCUT2D eigenvalue weighted by molar-refractivity contribution is -0.0172. The zero-order valence-corrected chi connectivity index (χ0v) is 22.7. The summed E-state index contributed by atoms with van der Waals surface area (Å²) in [6, 6.07) is 5.50. The first kappa shape index (κ1) is 27.8. The van der Waals surface area contributed by atoms with E-state index in [0.717, 1.165) is 44.0 Å². The van der Waals surface area contributed by atoms with Gasteiger partial charge in [-0.1, -0.05) is 6.92 Å². The Morgan fingerprint density at radius 2 is 1.86 bits per heavy atom. The number of anilines is 1. The number of ether oxygens (including phenoxy) is 2. The second-order valence-electron chi connectivity index (χ2n) is 11.0. The summed E-state index contributed by atoms with van der Waals surface area (Å²) in [6.45, 7) is 9.24. The van der Waals surface area contributed by atoms with Crippen molar-refractivity contribution in [2.75, 3.05) is 58.9 Å². The highest BCUT2D eigenvalue weighted by atomic mass is 16.5. The standard InChI is InChI=1S/C28H47N3O4/c1-20-16-31(21(2)19-32)28(33)25-15-24(29(4)5)12-13-26(25)35-22(3)9-7-8-14-34-27(20)18-30(6)17-23-10-11-23/h12-13,15,20-23,27,32H,7-11,14,16-19H2,1-6H3/t20-,21-,22-,27-/m1/s1. The van der Waals surface area contributed by atoms with Crippen molar-refractivity contribution in [1.82, 2.24) is 9.80 Å². The minimum atomic E-state index is -0.309. The first-order chi connectivity index (χ1) is 16.7.